The van der Waals surface area contributed by atoms with E-state index in [0.29, 0.717) is 17.9 Å². The van der Waals surface area contributed by atoms with Crippen molar-refractivity contribution in [1.29, 1.82) is 0 Å². The van der Waals surface area contributed by atoms with Gasteiger partial charge in [0.25, 0.3) is 0 Å². The lowest BCUT2D eigenvalue weighted by Gasteiger charge is -2.51. The van der Waals surface area contributed by atoms with Crippen molar-refractivity contribution in [2.45, 2.75) is 59.1 Å². The SMILES string of the molecule is CC(C)CC(CC(C)C)N1CC(C)(OCC(=O)O)C1. The van der Waals surface area contributed by atoms with Crippen LogP contribution in [-0.2, 0) is 9.53 Å². The van der Waals surface area contributed by atoms with Crippen molar-refractivity contribution in [1.82, 2.24) is 4.90 Å². The number of ether oxygens (including phenoxy) is 1. The number of carboxylic acid groups (broad SMARTS) is 1. The van der Waals surface area contributed by atoms with E-state index < -0.39 is 5.97 Å². The first-order valence-corrected chi connectivity index (χ1v) is 7.31. The Morgan fingerprint density at radius 1 is 1.21 bits per heavy atom. The van der Waals surface area contributed by atoms with Gasteiger partial charge < -0.3 is 9.84 Å². The van der Waals surface area contributed by atoms with Crippen molar-refractivity contribution in [3.8, 4) is 0 Å². The largest absolute Gasteiger partial charge is 0.480 e. The molecule has 1 heterocycles. The van der Waals surface area contributed by atoms with Gasteiger partial charge in [-0.25, -0.2) is 4.79 Å². The van der Waals surface area contributed by atoms with Crippen LogP contribution >= 0.6 is 0 Å². The van der Waals surface area contributed by atoms with E-state index in [1.54, 1.807) is 0 Å². The first kappa shape index (κ1) is 16.4. The van der Waals surface area contributed by atoms with E-state index in [1.807, 2.05) is 6.92 Å². The first-order chi connectivity index (χ1) is 8.72. The van der Waals surface area contributed by atoms with E-state index in [9.17, 15) is 4.79 Å². The maximum absolute atomic E-state index is 10.6. The number of carboxylic acids is 1. The fourth-order valence-electron chi connectivity index (χ4n) is 2.88. The summed E-state index contributed by atoms with van der Waals surface area (Å²) in [5, 5.41) is 8.67. The second-order valence-corrected chi connectivity index (χ2v) is 6.95. The Balaban J connectivity index is 2.45. The zero-order valence-corrected chi connectivity index (χ0v) is 13.0. The molecule has 0 radical (unpaired) electrons. The summed E-state index contributed by atoms with van der Waals surface area (Å²) < 4.78 is 5.48. The Bertz CT molecular complexity index is 286. The highest BCUT2D eigenvalue weighted by atomic mass is 16.5. The lowest BCUT2D eigenvalue weighted by molar-refractivity contribution is -0.171. The van der Waals surface area contributed by atoms with Crippen molar-refractivity contribution in [2.24, 2.45) is 11.8 Å². The zero-order valence-electron chi connectivity index (χ0n) is 13.0. The number of carbonyl (C=O) groups is 1. The number of aliphatic carboxylic acids is 1. The van der Waals surface area contributed by atoms with Gasteiger partial charge in [-0.3, -0.25) is 4.90 Å². The molecule has 1 aliphatic rings. The van der Waals surface area contributed by atoms with Gasteiger partial charge in [0.05, 0.1) is 5.60 Å². The highest BCUT2D eigenvalue weighted by Gasteiger charge is 2.43. The standard InChI is InChI=1S/C15H29NO3/c1-11(2)6-13(7-12(3)4)16-9-15(5,10-16)19-8-14(17)18/h11-13H,6-10H2,1-5H3,(H,17,18). The molecular formula is C15H29NO3. The second kappa shape index (κ2) is 6.71. The number of hydrogen-bond donors (Lipinski definition) is 1. The lowest BCUT2D eigenvalue weighted by atomic mass is 9.87. The molecule has 0 bridgehead atoms. The normalized spacial score (nSPS) is 19.2. The molecule has 0 aromatic heterocycles. The topological polar surface area (TPSA) is 49.8 Å². The van der Waals surface area contributed by atoms with Gasteiger partial charge in [0.15, 0.2) is 0 Å². The predicted octanol–water partition coefficient (Wildman–Crippen LogP) is 2.62. The van der Waals surface area contributed by atoms with Crippen molar-refractivity contribution < 1.29 is 14.6 Å². The minimum atomic E-state index is -0.888. The summed E-state index contributed by atoms with van der Waals surface area (Å²) in [6, 6.07) is 0.599. The molecule has 0 amide bonds. The molecule has 0 spiro atoms. The van der Waals surface area contributed by atoms with E-state index >= 15 is 0 Å². The molecule has 0 aromatic carbocycles. The third kappa shape index (κ3) is 5.49. The Morgan fingerprint density at radius 2 is 1.68 bits per heavy atom. The van der Waals surface area contributed by atoms with Crippen LogP contribution in [-0.4, -0.2) is 47.3 Å². The van der Waals surface area contributed by atoms with Crippen molar-refractivity contribution in [3.63, 3.8) is 0 Å². The Morgan fingerprint density at radius 3 is 2.05 bits per heavy atom. The van der Waals surface area contributed by atoms with Crippen LogP contribution in [0.3, 0.4) is 0 Å². The van der Waals surface area contributed by atoms with Crippen LogP contribution in [0.15, 0.2) is 0 Å². The smallest absolute Gasteiger partial charge is 0.329 e. The van der Waals surface area contributed by atoms with Gasteiger partial charge in [-0.1, -0.05) is 27.7 Å². The molecule has 1 N–H and O–H groups in total. The zero-order chi connectivity index (χ0) is 14.6. The van der Waals surface area contributed by atoms with Gasteiger partial charge in [-0.15, -0.1) is 0 Å². The van der Waals surface area contributed by atoms with Crippen LogP contribution < -0.4 is 0 Å². The van der Waals surface area contributed by atoms with Gasteiger partial charge in [0, 0.05) is 19.1 Å². The number of likely N-dealkylation sites (tertiary alicyclic amines) is 1. The average molecular weight is 271 g/mol. The summed E-state index contributed by atoms with van der Waals surface area (Å²) >= 11 is 0. The van der Waals surface area contributed by atoms with E-state index in [1.165, 1.54) is 12.8 Å². The van der Waals surface area contributed by atoms with Crippen molar-refractivity contribution >= 4 is 5.97 Å². The van der Waals surface area contributed by atoms with Crippen LogP contribution in [0.25, 0.3) is 0 Å². The van der Waals surface area contributed by atoms with Crippen LogP contribution in [0.4, 0.5) is 0 Å². The molecule has 0 aromatic rings. The molecule has 4 heteroatoms. The Labute approximate surface area is 117 Å². The maximum Gasteiger partial charge on any atom is 0.329 e. The minimum Gasteiger partial charge on any atom is -0.480 e. The average Bonchev–Trinajstić information content (AvgIpc) is 2.20. The number of nitrogens with zero attached hydrogens (tertiary/aromatic N) is 1. The highest BCUT2D eigenvalue weighted by molar-refractivity contribution is 5.68. The molecule has 1 saturated heterocycles. The van der Waals surface area contributed by atoms with Crippen molar-refractivity contribution in [3.05, 3.63) is 0 Å². The maximum atomic E-state index is 10.6. The molecule has 0 saturated carbocycles. The van der Waals surface area contributed by atoms with E-state index in [-0.39, 0.29) is 12.2 Å². The molecule has 112 valence electrons. The second-order valence-electron chi connectivity index (χ2n) is 6.95. The van der Waals surface area contributed by atoms with Gasteiger partial charge in [0.1, 0.15) is 6.61 Å². The summed E-state index contributed by atoms with van der Waals surface area (Å²) in [4.78, 5) is 13.0. The summed E-state index contributed by atoms with van der Waals surface area (Å²) in [6.45, 7) is 12.5. The fraction of sp³-hybridized carbons (Fsp3) is 0.933. The van der Waals surface area contributed by atoms with E-state index in [4.69, 9.17) is 9.84 Å². The van der Waals surface area contributed by atoms with Crippen molar-refractivity contribution in [2.75, 3.05) is 19.7 Å². The molecular weight excluding hydrogens is 242 g/mol. The molecule has 0 aliphatic carbocycles. The molecule has 0 unspecified atom stereocenters. The predicted molar refractivity (Wildman–Crippen MR) is 76.3 cm³/mol. The summed E-state index contributed by atoms with van der Waals surface area (Å²) in [5.74, 6) is 0.492. The van der Waals surface area contributed by atoms with E-state index in [2.05, 4.69) is 32.6 Å². The fourth-order valence-corrected chi connectivity index (χ4v) is 2.88. The Hall–Kier alpha value is -0.610. The first-order valence-electron chi connectivity index (χ1n) is 7.31. The molecule has 1 rings (SSSR count). The van der Waals surface area contributed by atoms with Gasteiger partial charge in [-0.05, 0) is 31.6 Å². The molecule has 1 aliphatic heterocycles. The van der Waals surface area contributed by atoms with Gasteiger partial charge >= 0.3 is 5.97 Å². The van der Waals surface area contributed by atoms with E-state index in [0.717, 1.165) is 13.1 Å². The highest BCUT2D eigenvalue weighted by Crippen LogP contribution is 2.31. The molecule has 19 heavy (non-hydrogen) atoms. The minimum absolute atomic E-state index is 0.191. The number of hydrogen-bond acceptors (Lipinski definition) is 3. The summed E-state index contributed by atoms with van der Waals surface area (Å²) in [7, 11) is 0. The van der Waals surface area contributed by atoms with Crippen LogP contribution in [0.5, 0.6) is 0 Å². The van der Waals surface area contributed by atoms with Crippen LogP contribution in [0.2, 0.25) is 0 Å². The number of rotatable bonds is 8. The van der Waals surface area contributed by atoms with Crippen LogP contribution in [0.1, 0.15) is 47.5 Å². The third-order valence-electron chi connectivity index (χ3n) is 3.62. The molecule has 1 fully saturated rings. The van der Waals surface area contributed by atoms with Gasteiger partial charge in [0.2, 0.25) is 0 Å². The summed E-state index contributed by atoms with van der Waals surface area (Å²) in [6.07, 6.45) is 2.40. The summed E-state index contributed by atoms with van der Waals surface area (Å²) in [5.41, 5.74) is -0.273. The van der Waals surface area contributed by atoms with Crippen LogP contribution in [0, 0.1) is 11.8 Å². The molecule has 0 atom stereocenters. The third-order valence-corrected chi connectivity index (χ3v) is 3.62. The lowest BCUT2D eigenvalue weighted by Crippen LogP contribution is -2.64. The quantitative estimate of drug-likeness (QED) is 0.737. The molecule has 4 nitrogen and oxygen atoms in total. The monoisotopic (exact) mass is 271 g/mol. The Kier molecular flexibility index (Phi) is 5.81. The van der Waals surface area contributed by atoms with Gasteiger partial charge in [-0.2, -0.15) is 0 Å².